The SMILES string of the molecule is OOCc1ccnc(-c2cc(COO)ccn2)c1.OOCc1ccnc(-c2cc(COO)ccn2)c1.[C-]#N.[C-]#N.[C-]#N.[C-]#N.[Ru+2].[Ru+2].[Ru].c1ccc(-c2ccccn2)nc1.c1ccc(-c2ccccn2)nc1.c1ccc(-c2ccccn2)nc1.c1ccc(-c2ccccn2)nc1. The Labute approximate surface area is 587 Å². The Morgan fingerprint density at radius 1 is 0.221 bits per heavy atom. The molecule has 95 heavy (non-hydrogen) atoms. The van der Waals surface area contributed by atoms with Crippen LogP contribution in [-0.4, -0.2) is 80.8 Å². The standard InChI is InChI=1S/2C12H12N2O4.4C10H8N2.4CN.3Ru/c2*15-17-7-9-1-3-13-11(5-9)12-6-10(8-18-16)2-4-14-12;4*1-3-7-11-9(5-1)10-6-2-4-8-12-10;4*1-2;;;/h2*1-6,15-16H,7-8H2;4*1-8H;;;;;;;/q;;;;;;4*-1;;2*+2. The van der Waals surface area contributed by atoms with Crippen LogP contribution in [0, 0.1) is 47.3 Å². The van der Waals surface area contributed by atoms with E-state index < -0.39 is 0 Å². The second kappa shape index (κ2) is 55.0. The van der Waals surface area contributed by atoms with Crippen LogP contribution in [0.2, 0.25) is 0 Å². The van der Waals surface area contributed by atoms with Crippen LogP contribution in [0.3, 0.4) is 0 Å². The summed E-state index contributed by atoms with van der Waals surface area (Å²) in [5, 5.41) is 58.7. The monoisotopic (exact) mass is 1530 g/mol. The van der Waals surface area contributed by atoms with Crippen molar-refractivity contribution in [3.63, 3.8) is 0 Å². The maximum atomic E-state index is 8.41. The predicted octanol–water partition coefficient (Wildman–Crippen LogP) is 13.2. The predicted molar refractivity (Wildman–Crippen MR) is 334 cm³/mol. The van der Waals surface area contributed by atoms with Crippen LogP contribution < -0.4 is 0 Å². The number of hydrogen-bond donors (Lipinski definition) is 4. The Morgan fingerprint density at radius 3 is 0.474 bits per heavy atom. The average Bonchev–Trinajstić information content (AvgIpc) is 1.22. The van der Waals surface area contributed by atoms with Gasteiger partial charge in [0.2, 0.25) is 0 Å². The number of aromatic nitrogens is 12. The van der Waals surface area contributed by atoms with Crippen LogP contribution in [0.25, 0.3) is 68.3 Å². The van der Waals surface area contributed by atoms with Gasteiger partial charge in [0, 0.05) is 93.8 Å². The molecular weight excluding hydrogens is 1470 g/mol. The van der Waals surface area contributed by atoms with E-state index in [1.807, 2.05) is 146 Å². The van der Waals surface area contributed by atoms with E-state index in [4.69, 9.17) is 68.4 Å². The molecule has 12 aromatic rings. The summed E-state index contributed by atoms with van der Waals surface area (Å²) in [5.41, 5.74) is 13.1. The minimum absolute atomic E-state index is 0. The second-order valence-electron chi connectivity index (χ2n) is 17.0. The first-order valence-corrected chi connectivity index (χ1v) is 26.6. The van der Waals surface area contributed by atoms with Gasteiger partial charge in [0.1, 0.15) is 26.4 Å². The van der Waals surface area contributed by atoms with E-state index in [0.29, 0.717) is 22.8 Å². The van der Waals surface area contributed by atoms with Crippen LogP contribution in [0.5, 0.6) is 0 Å². The van der Waals surface area contributed by atoms with Crippen LogP contribution in [-0.2, 0) is 104 Å². The fourth-order valence-corrected chi connectivity index (χ4v) is 7.23. The fraction of sp³-hybridized carbons (Fsp3) is 0.0588. The van der Waals surface area contributed by atoms with E-state index >= 15 is 0 Å². The van der Waals surface area contributed by atoms with Crippen molar-refractivity contribution in [3.8, 4) is 68.3 Å². The molecular formula is C68H56N16O8Ru3. The van der Waals surface area contributed by atoms with Gasteiger partial charge in [0.15, 0.2) is 0 Å². The van der Waals surface area contributed by atoms with Crippen LogP contribution in [0.4, 0.5) is 0 Å². The Balaban J connectivity index is 0.00000109. The number of rotatable bonds is 14. The minimum Gasteiger partial charge on any atom is -0.512 e. The molecule has 27 heteroatoms. The van der Waals surface area contributed by atoms with Gasteiger partial charge in [-0.15, -0.1) is 0 Å². The van der Waals surface area contributed by atoms with Crippen molar-refractivity contribution >= 4 is 0 Å². The van der Waals surface area contributed by atoms with Crippen molar-refractivity contribution in [2.24, 2.45) is 0 Å². The van der Waals surface area contributed by atoms with E-state index in [2.05, 4.69) is 79.4 Å². The van der Waals surface area contributed by atoms with Gasteiger partial charge < -0.3 is 47.3 Å². The summed E-state index contributed by atoms with van der Waals surface area (Å²) >= 11 is 0. The third-order valence-electron chi connectivity index (χ3n) is 11.1. The third kappa shape index (κ3) is 32.9. The summed E-state index contributed by atoms with van der Waals surface area (Å²) in [6, 6.07) is 60.4. The van der Waals surface area contributed by atoms with Gasteiger partial charge in [-0.1, -0.05) is 48.5 Å². The zero-order valence-corrected chi connectivity index (χ0v) is 55.1. The van der Waals surface area contributed by atoms with Gasteiger partial charge in [-0.3, -0.25) is 80.8 Å². The first-order chi connectivity index (χ1) is 45.5. The Morgan fingerprint density at radius 2 is 0.358 bits per heavy atom. The maximum absolute atomic E-state index is 8.41. The van der Waals surface area contributed by atoms with Gasteiger partial charge >= 0.3 is 39.0 Å². The second-order valence-corrected chi connectivity index (χ2v) is 17.0. The Bertz CT molecular complexity index is 3260. The summed E-state index contributed by atoms with van der Waals surface area (Å²) < 4.78 is 0. The molecule has 12 aromatic heterocycles. The topological polar surface area (TPSA) is 368 Å². The normalized spacial score (nSPS) is 8.97. The molecule has 0 amide bonds. The van der Waals surface area contributed by atoms with E-state index in [0.717, 1.165) is 67.8 Å². The summed E-state index contributed by atoms with van der Waals surface area (Å²) in [5.74, 6) is 0. The van der Waals surface area contributed by atoms with Gasteiger partial charge in [0.25, 0.3) is 0 Å². The average molecular weight is 1530 g/mol. The molecule has 0 saturated heterocycles. The Kier molecular flexibility index (Phi) is 48.8. The van der Waals surface area contributed by atoms with Gasteiger partial charge in [-0.05, 0) is 168 Å². The molecule has 0 aliphatic rings. The quantitative estimate of drug-likeness (QED) is 0.0340. The molecule has 0 aromatic carbocycles. The van der Waals surface area contributed by atoms with E-state index in [-0.39, 0.29) is 84.9 Å². The zero-order valence-electron chi connectivity index (χ0n) is 49.9. The third-order valence-corrected chi connectivity index (χ3v) is 11.1. The van der Waals surface area contributed by atoms with Crippen LogP contribution in [0.1, 0.15) is 22.3 Å². The van der Waals surface area contributed by atoms with E-state index in [1.54, 1.807) is 123 Å². The molecule has 12 heterocycles. The summed E-state index contributed by atoms with van der Waals surface area (Å²) in [7, 11) is 0. The zero-order chi connectivity index (χ0) is 66.5. The van der Waals surface area contributed by atoms with Crippen molar-refractivity contribution in [1.29, 1.82) is 21.0 Å². The minimum atomic E-state index is 0. The van der Waals surface area contributed by atoms with Crippen molar-refractivity contribution in [3.05, 3.63) is 317 Å². The van der Waals surface area contributed by atoms with Gasteiger partial charge in [0.05, 0.1) is 68.3 Å². The molecule has 480 valence electrons. The van der Waals surface area contributed by atoms with Crippen molar-refractivity contribution < 1.29 is 99.0 Å². The number of hydrogen-bond acceptors (Lipinski definition) is 24. The molecule has 12 rings (SSSR count). The summed E-state index contributed by atoms with van der Waals surface area (Å²) in [6.07, 6.45) is 20.6. The van der Waals surface area contributed by atoms with Crippen molar-refractivity contribution in [2.45, 2.75) is 26.4 Å². The molecule has 4 N–H and O–H groups in total. The Hall–Kier alpha value is -10.7. The number of nitrogens with zero attached hydrogens (tertiary/aromatic N) is 16. The molecule has 0 aliphatic heterocycles. The first-order valence-electron chi connectivity index (χ1n) is 26.6. The molecule has 0 bridgehead atoms. The molecule has 0 spiro atoms. The number of pyridine rings is 12. The van der Waals surface area contributed by atoms with Gasteiger partial charge in [-0.2, -0.15) is 0 Å². The molecule has 0 saturated carbocycles. The van der Waals surface area contributed by atoms with E-state index in [1.165, 1.54) is 0 Å². The van der Waals surface area contributed by atoms with Crippen molar-refractivity contribution in [2.75, 3.05) is 0 Å². The largest absolute Gasteiger partial charge is 2.00 e. The van der Waals surface area contributed by atoms with Crippen LogP contribution >= 0.6 is 0 Å². The molecule has 0 atom stereocenters. The smallest absolute Gasteiger partial charge is 0.512 e. The molecule has 0 radical (unpaired) electrons. The maximum Gasteiger partial charge on any atom is 2.00 e. The molecule has 0 unspecified atom stereocenters. The molecule has 24 nitrogen and oxygen atoms in total. The first kappa shape index (κ1) is 84.3. The van der Waals surface area contributed by atoms with Crippen molar-refractivity contribution in [1.82, 2.24) is 59.8 Å². The molecule has 0 aliphatic carbocycles. The molecule has 0 fully saturated rings. The summed E-state index contributed by atoms with van der Waals surface area (Å²) in [6.45, 7) is 19.4. The fourth-order valence-electron chi connectivity index (χ4n) is 7.23. The van der Waals surface area contributed by atoms with Crippen LogP contribution in [0.15, 0.2) is 268 Å². The van der Waals surface area contributed by atoms with Gasteiger partial charge in [-0.25, -0.2) is 19.6 Å². The summed E-state index contributed by atoms with van der Waals surface area (Å²) in [4.78, 5) is 66.6. The van der Waals surface area contributed by atoms with E-state index in [9.17, 15) is 0 Å².